The van der Waals surface area contributed by atoms with Crippen LogP contribution >= 0.6 is 23.2 Å². The van der Waals surface area contributed by atoms with Crippen LogP contribution in [-0.4, -0.2) is 34.2 Å². The molecule has 36 heavy (non-hydrogen) atoms. The fraction of sp³-hybridized carbons (Fsp3) is 0.417. The minimum atomic E-state index is -4.22. The largest absolute Gasteiger partial charge is 0.490 e. The minimum absolute atomic E-state index is 0.0279. The van der Waals surface area contributed by atoms with E-state index in [4.69, 9.17) is 27.9 Å². The number of imidazole rings is 1. The molecule has 1 aromatic heterocycles. The summed E-state index contributed by atoms with van der Waals surface area (Å²) in [6, 6.07) is 5.51. The number of hydrogen-bond donors (Lipinski definition) is 3. The van der Waals surface area contributed by atoms with Gasteiger partial charge in [-0.2, -0.15) is 13.2 Å². The predicted octanol–water partition coefficient (Wildman–Crippen LogP) is 7.39. The van der Waals surface area contributed by atoms with Gasteiger partial charge in [-0.3, -0.25) is 4.79 Å². The molecule has 4 rings (SSSR count). The van der Waals surface area contributed by atoms with Gasteiger partial charge < -0.3 is 20.4 Å². The molecular formula is C24H24Cl2F4N4O2. The molecule has 2 aromatic carbocycles. The third kappa shape index (κ3) is 5.81. The Hall–Kier alpha value is -2.72. The van der Waals surface area contributed by atoms with E-state index in [0.29, 0.717) is 11.0 Å². The number of halogens is 6. The van der Waals surface area contributed by atoms with Crippen molar-refractivity contribution in [1.29, 1.82) is 0 Å². The highest BCUT2D eigenvalue weighted by Gasteiger charge is 2.41. The highest BCUT2D eigenvalue weighted by Crippen LogP contribution is 2.38. The number of anilines is 2. The maximum Gasteiger partial charge on any atom is 0.391 e. The van der Waals surface area contributed by atoms with Crippen molar-refractivity contribution in [2.45, 2.75) is 57.9 Å². The number of nitrogens with zero attached hydrogens (tertiary/aromatic N) is 1. The molecule has 194 valence electrons. The van der Waals surface area contributed by atoms with Crippen molar-refractivity contribution in [1.82, 2.24) is 15.3 Å². The Morgan fingerprint density at radius 1 is 1.14 bits per heavy atom. The Bertz CT molecular complexity index is 1270. The Balaban J connectivity index is 1.58. The van der Waals surface area contributed by atoms with E-state index in [-0.39, 0.29) is 70.8 Å². The van der Waals surface area contributed by atoms with Crippen LogP contribution in [0.2, 0.25) is 10.0 Å². The zero-order valence-electron chi connectivity index (χ0n) is 19.4. The number of amides is 1. The van der Waals surface area contributed by atoms with E-state index in [1.165, 1.54) is 18.2 Å². The quantitative estimate of drug-likeness (QED) is 0.222. The zero-order chi connectivity index (χ0) is 26.2. The maximum atomic E-state index is 14.4. The molecule has 0 radical (unpaired) electrons. The van der Waals surface area contributed by atoms with E-state index in [1.807, 2.05) is 0 Å². The van der Waals surface area contributed by atoms with Gasteiger partial charge in [0.05, 0.1) is 44.4 Å². The number of alkyl halides is 3. The number of benzene rings is 2. The Morgan fingerprint density at radius 3 is 2.44 bits per heavy atom. The molecule has 0 saturated heterocycles. The lowest BCUT2D eigenvalue weighted by Gasteiger charge is -2.30. The van der Waals surface area contributed by atoms with Crippen molar-refractivity contribution in [2.24, 2.45) is 5.92 Å². The van der Waals surface area contributed by atoms with Crippen molar-refractivity contribution in [3.05, 3.63) is 45.7 Å². The standard InChI is InChI=1S/C24H24Cl2F4N4O2/c1-11(2)36-19-10-18-17(32-23(33-18)34-21-16(26)8-7-15(25)20(21)27)9-14(19)22(35)31-13-5-3-12(4-6-13)24(28,29)30/h7-13H,3-6H2,1-2H3,(H,31,35)(H2,32,33,34)/t12-,13-. The molecule has 1 heterocycles. The van der Waals surface area contributed by atoms with Crippen molar-refractivity contribution in [3.63, 3.8) is 0 Å². The van der Waals surface area contributed by atoms with Gasteiger partial charge in [-0.15, -0.1) is 0 Å². The first-order valence-electron chi connectivity index (χ1n) is 11.4. The summed E-state index contributed by atoms with van der Waals surface area (Å²) < 4.78 is 59.2. The van der Waals surface area contributed by atoms with Crippen molar-refractivity contribution >= 4 is 51.8 Å². The molecule has 0 atom stereocenters. The summed E-state index contributed by atoms with van der Waals surface area (Å²) in [7, 11) is 0. The van der Waals surface area contributed by atoms with Gasteiger partial charge in [0.1, 0.15) is 5.75 Å². The molecule has 0 aliphatic heterocycles. The molecule has 1 saturated carbocycles. The van der Waals surface area contributed by atoms with Crippen LogP contribution in [0.25, 0.3) is 11.0 Å². The fourth-order valence-electron chi connectivity index (χ4n) is 4.21. The van der Waals surface area contributed by atoms with E-state index < -0.39 is 23.8 Å². The summed E-state index contributed by atoms with van der Waals surface area (Å²) in [5.41, 5.74) is 1.03. The summed E-state index contributed by atoms with van der Waals surface area (Å²) >= 11 is 11.9. The molecule has 0 bridgehead atoms. The van der Waals surface area contributed by atoms with Crippen LogP contribution in [0.5, 0.6) is 5.75 Å². The summed E-state index contributed by atoms with van der Waals surface area (Å²) in [5, 5.41) is 5.58. The molecular weight excluding hydrogens is 523 g/mol. The predicted molar refractivity (Wildman–Crippen MR) is 131 cm³/mol. The number of rotatable bonds is 6. The summed E-state index contributed by atoms with van der Waals surface area (Å²) in [4.78, 5) is 20.5. The Kier molecular flexibility index (Phi) is 7.56. The second-order valence-corrected chi connectivity index (χ2v) is 9.84. The van der Waals surface area contributed by atoms with Crippen LogP contribution in [-0.2, 0) is 0 Å². The number of aromatic amines is 1. The number of hydrogen-bond acceptors (Lipinski definition) is 4. The molecule has 3 aromatic rings. The molecule has 0 unspecified atom stereocenters. The molecule has 1 aliphatic rings. The van der Waals surface area contributed by atoms with Gasteiger partial charge >= 0.3 is 6.18 Å². The number of aromatic nitrogens is 2. The SMILES string of the molecule is CC(C)Oc1cc2[nH]c(Nc3c(Cl)ccc(Cl)c3F)nc2cc1C(=O)N[C@H]1CC[C@H](C(F)(F)F)CC1. The fourth-order valence-corrected chi connectivity index (χ4v) is 4.56. The first kappa shape index (κ1) is 26.3. The second-order valence-electron chi connectivity index (χ2n) is 9.02. The minimum Gasteiger partial charge on any atom is -0.490 e. The van der Waals surface area contributed by atoms with E-state index in [0.717, 1.165) is 0 Å². The van der Waals surface area contributed by atoms with E-state index >= 15 is 0 Å². The lowest BCUT2D eigenvalue weighted by Crippen LogP contribution is -2.40. The van der Waals surface area contributed by atoms with Gasteiger partial charge in [-0.25, -0.2) is 9.37 Å². The van der Waals surface area contributed by atoms with Crippen LogP contribution in [0, 0.1) is 11.7 Å². The van der Waals surface area contributed by atoms with Gasteiger partial charge in [0.25, 0.3) is 5.91 Å². The van der Waals surface area contributed by atoms with E-state index in [2.05, 4.69) is 20.6 Å². The average Bonchev–Trinajstić information content (AvgIpc) is 3.19. The van der Waals surface area contributed by atoms with E-state index in [9.17, 15) is 22.4 Å². The number of fused-ring (bicyclic) bond motifs is 1. The summed E-state index contributed by atoms with van der Waals surface area (Å²) in [6.07, 6.45) is -4.06. The first-order chi connectivity index (χ1) is 16.9. The second kappa shape index (κ2) is 10.3. The van der Waals surface area contributed by atoms with Gasteiger partial charge in [0.15, 0.2) is 5.82 Å². The molecule has 3 N–H and O–H groups in total. The molecule has 1 fully saturated rings. The molecule has 1 amide bonds. The normalized spacial score (nSPS) is 18.5. The highest BCUT2D eigenvalue weighted by atomic mass is 35.5. The van der Waals surface area contributed by atoms with Crippen LogP contribution in [0.3, 0.4) is 0 Å². The molecule has 12 heteroatoms. The van der Waals surface area contributed by atoms with Crippen LogP contribution in [0.4, 0.5) is 29.2 Å². The van der Waals surface area contributed by atoms with Crippen LogP contribution in [0.15, 0.2) is 24.3 Å². The molecule has 6 nitrogen and oxygen atoms in total. The number of carbonyl (C=O) groups is 1. The summed E-state index contributed by atoms with van der Waals surface area (Å²) in [5.74, 6) is -2.11. The average molecular weight is 547 g/mol. The van der Waals surface area contributed by atoms with Crippen LogP contribution < -0.4 is 15.4 Å². The smallest absolute Gasteiger partial charge is 0.391 e. The third-order valence-electron chi connectivity index (χ3n) is 6.00. The first-order valence-corrected chi connectivity index (χ1v) is 12.2. The number of carbonyl (C=O) groups excluding carboxylic acids is 1. The van der Waals surface area contributed by atoms with Gasteiger partial charge in [-0.05, 0) is 57.7 Å². The maximum absolute atomic E-state index is 14.4. The lowest BCUT2D eigenvalue weighted by molar-refractivity contribution is -0.182. The zero-order valence-corrected chi connectivity index (χ0v) is 20.9. The molecule has 0 spiro atoms. The van der Waals surface area contributed by atoms with Crippen LogP contribution in [0.1, 0.15) is 49.9 Å². The Morgan fingerprint density at radius 2 is 1.81 bits per heavy atom. The summed E-state index contributed by atoms with van der Waals surface area (Å²) in [6.45, 7) is 3.60. The van der Waals surface area contributed by atoms with Gasteiger partial charge in [0.2, 0.25) is 5.95 Å². The Labute approximate surface area is 214 Å². The van der Waals surface area contributed by atoms with Crippen molar-refractivity contribution in [3.8, 4) is 5.75 Å². The number of nitrogens with one attached hydrogen (secondary N) is 3. The van der Waals surface area contributed by atoms with Crippen molar-refractivity contribution in [2.75, 3.05) is 5.32 Å². The lowest BCUT2D eigenvalue weighted by atomic mass is 9.85. The number of H-pyrrole nitrogens is 1. The monoisotopic (exact) mass is 546 g/mol. The van der Waals surface area contributed by atoms with Gasteiger partial charge in [-0.1, -0.05) is 23.2 Å². The highest BCUT2D eigenvalue weighted by molar-refractivity contribution is 6.35. The third-order valence-corrected chi connectivity index (χ3v) is 6.61. The molecule has 1 aliphatic carbocycles. The van der Waals surface area contributed by atoms with E-state index in [1.54, 1.807) is 19.9 Å². The van der Waals surface area contributed by atoms with Gasteiger partial charge in [0, 0.05) is 12.1 Å². The number of ether oxygens (including phenoxy) is 1. The van der Waals surface area contributed by atoms with Crippen molar-refractivity contribution < 1.29 is 27.1 Å². The topological polar surface area (TPSA) is 79.0 Å².